The van der Waals surface area contributed by atoms with E-state index in [0.717, 1.165) is 12.2 Å². The van der Waals surface area contributed by atoms with Crippen LogP contribution in [-0.2, 0) is 0 Å². The molecule has 0 radical (unpaired) electrons. The van der Waals surface area contributed by atoms with Crippen molar-refractivity contribution < 1.29 is 13.2 Å². The highest BCUT2D eigenvalue weighted by Crippen LogP contribution is 2.14. The molecule has 66 valence electrons. The lowest BCUT2D eigenvalue weighted by molar-refractivity contribution is 0.494. The number of nitrogens with zero attached hydrogens (tertiary/aromatic N) is 1. The minimum atomic E-state index is -1.24. The highest BCUT2D eigenvalue weighted by atomic mass is 19.2. The molecule has 0 bridgehead atoms. The molecule has 1 rings (SSSR count). The van der Waals surface area contributed by atoms with Crippen LogP contribution in [0.15, 0.2) is 18.2 Å². The highest BCUT2D eigenvalue weighted by molar-refractivity contribution is 5.52. The second kappa shape index (κ2) is 3.76. The molecule has 0 N–H and O–H groups in total. The molecule has 0 spiro atoms. The van der Waals surface area contributed by atoms with Crippen molar-refractivity contribution in [2.24, 2.45) is 0 Å². The number of allylic oxidation sites excluding steroid dienone is 1. The zero-order valence-corrected chi connectivity index (χ0v) is 6.39. The van der Waals surface area contributed by atoms with Gasteiger partial charge in [-0.1, -0.05) is 0 Å². The molecule has 13 heavy (non-hydrogen) atoms. The second-order valence-corrected chi connectivity index (χ2v) is 2.25. The van der Waals surface area contributed by atoms with E-state index in [-0.39, 0.29) is 5.56 Å². The van der Waals surface area contributed by atoms with Crippen LogP contribution in [0, 0.1) is 28.8 Å². The average molecular weight is 183 g/mol. The molecule has 0 aliphatic carbocycles. The van der Waals surface area contributed by atoms with Gasteiger partial charge in [0.1, 0.15) is 5.82 Å². The van der Waals surface area contributed by atoms with Gasteiger partial charge in [0.15, 0.2) is 11.6 Å². The van der Waals surface area contributed by atoms with Gasteiger partial charge in [-0.25, -0.2) is 13.2 Å². The summed E-state index contributed by atoms with van der Waals surface area (Å²) >= 11 is 0. The number of nitriles is 1. The Morgan fingerprint density at radius 3 is 2.31 bits per heavy atom. The predicted octanol–water partition coefficient (Wildman–Crippen LogP) is 2.64. The Balaban J connectivity index is 3.17. The predicted molar refractivity (Wildman–Crippen MR) is 41.0 cm³/mol. The SMILES string of the molecule is N#CC=Cc1cc(F)c(F)cc1F. The van der Waals surface area contributed by atoms with Gasteiger partial charge in [-0.3, -0.25) is 0 Å². The fourth-order valence-electron chi connectivity index (χ4n) is 0.793. The van der Waals surface area contributed by atoms with E-state index in [9.17, 15) is 13.2 Å². The van der Waals surface area contributed by atoms with Crippen LogP contribution in [0.4, 0.5) is 13.2 Å². The van der Waals surface area contributed by atoms with Crippen molar-refractivity contribution in [3.8, 4) is 6.07 Å². The number of halogens is 3. The molecule has 0 aromatic heterocycles. The summed E-state index contributed by atoms with van der Waals surface area (Å²) in [5, 5.41) is 8.12. The minimum Gasteiger partial charge on any atom is -0.206 e. The second-order valence-electron chi connectivity index (χ2n) is 2.25. The topological polar surface area (TPSA) is 23.8 Å². The van der Waals surface area contributed by atoms with E-state index < -0.39 is 17.5 Å². The van der Waals surface area contributed by atoms with Crippen molar-refractivity contribution in [1.82, 2.24) is 0 Å². The van der Waals surface area contributed by atoms with Crippen molar-refractivity contribution in [1.29, 1.82) is 5.26 Å². The normalized spacial score (nSPS) is 10.3. The van der Waals surface area contributed by atoms with Crippen molar-refractivity contribution in [3.63, 3.8) is 0 Å². The minimum absolute atomic E-state index is 0.152. The van der Waals surface area contributed by atoms with Crippen LogP contribution in [0.2, 0.25) is 0 Å². The molecule has 0 atom stereocenters. The van der Waals surface area contributed by atoms with Gasteiger partial charge < -0.3 is 0 Å². The van der Waals surface area contributed by atoms with E-state index in [0.29, 0.717) is 12.1 Å². The largest absolute Gasteiger partial charge is 0.206 e. The van der Waals surface area contributed by atoms with Crippen LogP contribution < -0.4 is 0 Å². The number of hydrogen-bond donors (Lipinski definition) is 0. The third-order valence-corrected chi connectivity index (χ3v) is 1.38. The van der Waals surface area contributed by atoms with Crippen molar-refractivity contribution in [3.05, 3.63) is 41.2 Å². The van der Waals surface area contributed by atoms with Crippen molar-refractivity contribution in [2.45, 2.75) is 0 Å². The Morgan fingerprint density at radius 1 is 1.08 bits per heavy atom. The Labute approximate surface area is 72.7 Å². The summed E-state index contributed by atoms with van der Waals surface area (Å²) in [7, 11) is 0. The summed E-state index contributed by atoms with van der Waals surface area (Å²) in [6.45, 7) is 0. The average Bonchev–Trinajstić information content (AvgIpc) is 2.09. The van der Waals surface area contributed by atoms with Gasteiger partial charge >= 0.3 is 0 Å². The Morgan fingerprint density at radius 2 is 1.69 bits per heavy atom. The first-order chi connectivity index (χ1) is 6.15. The molecule has 0 unspecified atom stereocenters. The van der Waals surface area contributed by atoms with Crippen molar-refractivity contribution >= 4 is 6.08 Å². The molecule has 0 saturated carbocycles. The van der Waals surface area contributed by atoms with E-state index in [2.05, 4.69) is 0 Å². The van der Waals surface area contributed by atoms with Crippen LogP contribution >= 0.6 is 0 Å². The molecule has 0 fully saturated rings. The molecule has 0 amide bonds. The molecule has 0 heterocycles. The first kappa shape index (κ1) is 9.33. The highest BCUT2D eigenvalue weighted by Gasteiger charge is 2.06. The van der Waals surface area contributed by atoms with Gasteiger partial charge in [-0.15, -0.1) is 0 Å². The molecule has 0 saturated heterocycles. The molecule has 0 aliphatic heterocycles. The van der Waals surface area contributed by atoms with Gasteiger partial charge in [0.05, 0.1) is 6.07 Å². The van der Waals surface area contributed by atoms with Gasteiger partial charge in [0.2, 0.25) is 0 Å². The summed E-state index contributed by atoms with van der Waals surface area (Å²) in [4.78, 5) is 0. The van der Waals surface area contributed by atoms with Crippen LogP contribution in [0.25, 0.3) is 6.08 Å². The van der Waals surface area contributed by atoms with E-state index >= 15 is 0 Å². The number of benzene rings is 1. The maximum absolute atomic E-state index is 12.8. The lowest BCUT2D eigenvalue weighted by Crippen LogP contribution is -1.89. The first-order valence-electron chi connectivity index (χ1n) is 3.36. The van der Waals surface area contributed by atoms with Crippen LogP contribution in [0.3, 0.4) is 0 Å². The summed E-state index contributed by atoms with van der Waals surface area (Å²) in [5.41, 5.74) is -0.152. The lowest BCUT2D eigenvalue weighted by Gasteiger charge is -1.97. The van der Waals surface area contributed by atoms with Gasteiger partial charge in [-0.05, 0) is 12.1 Å². The van der Waals surface area contributed by atoms with E-state index in [4.69, 9.17) is 5.26 Å². The Kier molecular flexibility index (Phi) is 2.70. The van der Waals surface area contributed by atoms with E-state index in [1.54, 1.807) is 6.07 Å². The quantitative estimate of drug-likeness (QED) is 0.485. The van der Waals surface area contributed by atoms with Crippen LogP contribution in [0.1, 0.15) is 5.56 Å². The van der Waals surface area contributed by atoms with Gasteiger partial charge in [0, 0.05) is 17.7 Å². The Hall–Kier alpha value is -1.76. The smallest absolute Gasteiger partial charge is 0.161 e. The summed E-state index contributed by atoms with van der Waals surface area (Å²) in [6.07, 6.45) is 2.05. The fraction of sp³-hybridized carbons (Fsp3) is 0. The monoisotopic (exact) mass is 183 g/mol. The zero-order chi connectivity index (χ0) is 9.84. The third-order valence-electron chi connectivity index (χ3n) is 1.38. The number of hydrogen-bond acceptors (Lipinski definition) is 1. The molecule has 1 aromatic rings. The van der Waals surface area contributed by atoms with Crippen LogP contribution in [0.5, 0.6) is 0 Å². The fourth-order valence-corrected chi connectivity index (χ4v) is 0.793. The third kappa shape index (κ3) is 2.09. The molecule has 0 aliphatic rings. The summed E-state index contributed by atoms with van der Waals surface area (Å²) in [5.74, 6) is -3.28. The lowest BCUT2D eigenvalue weighted by atomic mass is 10.2. The maximum Gasteiger partial charge on any atom is 0.161 e. The Bertz CT molecular complexity index is 391. The molecule has 4 heteroatoms. The van der Waals surface area contributed by atoms with E-state index in [1.807, 2.05) is 0 Å². The number of rotatable bonds is 1. The van der Waals surface area contributed by atoms with E-state index in [1.165, 1.54) is 0 Å². The van der Waals surface area contributed by atoms with Crippen molar-refractivity contribution in [2.75, 3.05) is 0 Å². The molecular formula is C9H4F3N. The molecule has 1 aromatic carbocycles. The summed E-state index contributed by atoms with van der Waals surface area (Å²) < 4.78 is 37.7. The molecule has 1 nitrogen and oxygen atoms in total. The van der Waals surface area contributed by atoms with Crippen LogP contribution in [-0.4, -0.2) is 0 Å². The summed E-state index contributed by atoms with van der Waals surface area (Å²) in [6, 6.07) is 2.74. The standard InChI is InChI=1S/C9H4F3N/c10-7-5-9(12)8(11)4-6(7)2-1-3-13/h1-2,4-5H. The molecular weight excluding hydrogens is 179 g/mol. The van der Waals surface area contributed by atoms with Gasteiger partial charge in [0.25, 0.3) is 0 Å². The van der Waals surface area contributed by atoms with Gasteiger partial charge in [-0.2, -0.15) is 5.26 Å². The zero-order valence-electron chi connectivity index (χ0n) is 6.39. The maximum atomic E-state index is 12.8. The first-order valence-corrected chi connectivity index (χ1v) is 3.36.